The van der Waals surface area contributed by atoms with E-state index in [2.05, 4.69) is 0 Å². The lowest BCUT2D eigenvalue weighted by Gasteiger charge is -2.10. The lowest BCUT2D eigenvalue weighted by atomic mass is 10.1. The Labute approximate surface area is 153 Å². The maximum absolute atomic E-state index is 12.1. The molecule has 9 heteroatoms. The number of benzene rings is 2. The van der Waals surface area contributed by atoms with Gasteiger partial charge in [-0.1, -0.05) is 47.5 Å². The van der Waals surface area contributed by atoms with E-state index in [4.69, 9.17) is 27.4 Å². The maximum atomic E-state index is 12.1. The SMILES string of the molecule is O=S(=O)(CCCC(F)(F)F)Oc1cccc(-c2cccc(Cl)c2Cl)c1. The second-order valence-corrected chi connectivity index (χ2v) is 7.67. The summed E-state index contributed by atoms with van der Waals surface area (Å²) in [6, 6.07) is 11.0. The van der Waals surface area contributed by atoms with Crippen molar-refractivity contribution < 1.29 is 25.8 Å². The Kier molecular flexibility index (Phi) is 6.24. The summed E-state index contributed by atoms with van der Waals surface area (Å²) in [5.41, 5.74) is 1.14. The molecule has 0 aliphatic carbocycles. The Bertz CT molecular complexity index is 852. The Morgan fingerprint density at radius 1 is 1.04 bits per heavy atom. The molecule has 0 amide bonds. The van der Waals surface area contributed by atoms with Crippen LogP contribution < -0.4 is 4.18 Å². The minimum Gasteiger partial charge on any atom is -0.382 e. The van der Waals surface area contributed by atoms with E-state index in [9.17, 15) is 21.6 Å². The molecule has 0 heterocycles. The zero-order valence-electron chi connectivity index (χ0n) is 12.7. The molecule has 25 heavy (non-hydrogen) atoms. The van der Waals surface area contributed by atoms with Crippen molar-refractivity contribution >= 4 is 33.3 Å². The third kappa shape index (κ3) is 6.09. The van der Waals surface area contributed by atoms with E-state index < -0.39 is 34.9 Å². The summed E-state index contributed by atoms with van der Waals surface area (Å²) in [5, 5.41) is 0.639. The molecule has 0 aromatic heterocycles. The van der Waals surface area contributed by atoms with E-state index in [1.807, 2.05) is 0 Å². The van der Waals surface area contributed by atoms with Crippen molar-refractivity contribution in [3.05, 3.63) is 52.5 Å². The van der Waals surface area contributed by atoms with Gasteiger partial charge >= 0.3 is 16.3 Å². The molecule has 0 aliphatic rings. The first-order chi connectivity index (χ1) is 11.6. The minimum absolute atomic E-state index is 0.0134. The van der Waals surface area contributed by atoms with Gasteiger partial charge in [0.25, 0.3) is 0 Å². The number of rotatable bonds is 6. The molecular weight excluding hydrogens is 400 g/mol. The first-order valence-electron chi connectivity index (χ1n) is 7.11. The molecule has 2 rings (SSSR count). The van der Waals surface area contributed by atoms with E-state index in [1.54, 1.807) is 30.3 Å². The monoisotopic (exact) mass is 412 g/mol. The third-order valence-electron chi connectivity index (χ3n) is 3.17. The highest BCUT2D eigenvalue weighted by Crippen LogP contribution is 2.35. The second-order valence-electron chi connectivity index (χ2n) is 5.19. The fourth-order valence-electron chi connectivity index (χ4n) is 2.08. The van der Waals surface area contributed by atoms with E-state index in [1.165, 1.54) is 12.1 Å². The fourth-order valence-corrected chi connectivity index (χ4v) is 3.47. The summed E-state index contributed by atoms with van der Waals surface area (Å²) in [4.78, 5) is 0. The van der Waals surface area contributed by atoms with Crippen LogP contribution in [0.15, 0.2) is 42.5 Å². The van der Waals surface area contributed by atoms with Crippen LogP contribution in [0.5, 0.6) is 5.75 Å². The van der Waals surface area contributed by atoms with Crippen LogP contribution in [0.3, 0.4) is 0 Å². The standard InChI is InChI=1S/C16H13Cl2F3O3S/c17-14-7-2-6-13(15(14)18)11-4-1-5-12(10-11)24-25(22,23)9-3-8-16(19,20)21/h1-2,4-7,10H,3,8-9H2. The van der Waals surface area contributed by atoms with Gasteiger partial charge in [-0.25, -0.2) is 0 Å². The molecule has 0 bridgehead atoms. The van der Waals surface area contributed by atoms with Crippen LogP contribution in [-0.2, 0) is 10.1 Å². The number of halogens is 5. The van der Waals surface area contributed by atoms with E-state index >= 15 is 0 Å². The molecular formula is C16H13Cl2F3O3S. The molecule has 0 unspecified atom stereocenters. The van der Waals surface area contributed by atoms with Crippen molar-refractivity contribution in [1.29, 1.82) is 0 Å². The summed E-state index contributed by atoms with van der Waals surface area (Å²) >= 11 is 12.1. The van der Waals surface area contributed by atoms with Crippen LogP contribution in [0.25, 0.3) is 11.1 Å². The highest BCUT2D eigenvalue weighted by molar-refractivity contribution is 7.87. The Balaban J connectivity index is 2.15. The molecule has 0 saturated heterocycles. The van der Waals surface area contributed by atoms with Crippen LogP contribution in [0, 0.1) is 0 Å². The number of hydrogen-bond acceptors (Lipinski definition) is 3. The molecule has 3 nitrogen and oxygen atoms in total. The van der Waals surface area contributed by atoms with E-state index in [0.717, 1.165) is 0 Å². The summed E-state index contributed by atoms with van der Waals surface area (Å²) < 4.78 is 64.8. The van der Waals surface area contributed by atoms with Crippen LogP contribution in [0.4, 0.5) is 13.2 Å². The number of alkyl halides is 3. The Morgan fingerprint density at radius 2 is 1.72 bits per heavy atom. The van der Waals surface area contributed by atoms with Gasteiger partial charge < -0.3 is 4.18 Å². The first kappa shape index (κ1) is 19.9. The van der Waals surface area contributed by atoms with Gasteiger partial charge in [0.1, 0.15) is 5.75 Å². The molecule has 0 N–H and O–H groups in total. The minimum atomic E-state index is -4.40. The topological polar surface area (TPSA) is 43.4 Å². The molecule has 0 fully saturated rings. The van der Waals surface area contributed by atoms with Gasteiger partial charge in [0.05, 0.1) is 15.8 Å². The lowest BCUT2D eigenvalue weighted by Crippen LogP contribution is -2.16. The Morgan fingerprint density at radius 3 is 2.40 bits per heavy atom. The van der Waals surface area contributed by atoms with Crippen molar-refractivity contribution in [1.82, 2.24) is 0 Å². The number of hydrogen-bond donors (Lipinski definition) is 0. The molecule has 0 spiro atoms. The molecule has 0 atom stereocenters. The van der Waals surface area contributed by atoms with Crippen LogP contribution in [0.2, 0.25) is 10.0 Å². The third-order valence-corrected chi connectivity index (χ3v) is 5.23. The predicted octanol–water partition coefficient (Wildman–Crippen LogP) is 5.71. The highest BCUT2D eigenvalue weighted by atomic mass is 35.5. The van der Waals surface area contributed by atoms with E-state index in [0.29, 0.717) is 21.2 Å². The van der Waals surface area contributed by atoms with Gasteiger partial charge in [-0.2, -0.15) is 21.6 Å². The molecule has 0 radical (unpaired) electrons. The summed E-state index contributed by atoms with van der Waals surface area (Å²) in [6.07, 6.45) is -6.15. The lowest BCUT2D eigenvalue weighted by molar-refractivity contribution is -0.134. The molecule has 0 saturated carbocycles. The maximum Gasteiger partial charge on any atom is 0.389 e. The van der Waals surface area contributed by atoms with E-state index in [-0.39, 0.29) is 5.75 Å². The van der Waals surface area contributed by atoms with Crippen LogP contribution in [0.1, 0.15) is 12.8 Å². The smallest absolute Gasteiger partial charge is 0.382 e. The van der Waals surface area contributed by atoms with Gasteiger partial charge in [-0.3, -0.25) is 0 Å². The predicted molar refractivity (Wildman–Crippen MR) is 91.6 cm³/mol. The molecule has 2 aromatic rings. The summed E-state index contributed by atoms with van der Waals surface area (Å²) in [6.45, 7) is 0. The second kappa shape index (κ2) is 7.85. The van der Waals surface area contributed by atoms with Gasteiger partial charge in [-0.05, 0) is 30.2 Å². The van der Waals surface area contributed by atoms with Gasteiger partial charge in [0, 0.05) is 12.0 Å². The van der Waals surface area contributed by atoms with Gasteiger partial charge in [0.15, 0.2) is 0 Å². The Hall–Kier alpha value is -1.44. The van der Waals surface area contributed by atoms with Gasteiger partial charge in [-0.15, -0.1) is 0 Å². The zero-order valence-corrected chi connectivity index (χ0v) is 15.0. The quantitative estimate of drug-likeness (QED) is 0.570. The summed E-state index contributed by atoms with van der Waals surface area (Å²) in [5.74, 6) is -0.741. The van der Waals surface area contributed by atoms with Crippen molar-refractivity contribution in [3.8, 4) is 16.9 Å². The van der Waals surface area contributed by atoms with Crippen LogP contribution in [-0.4, -0.2) is 20.3 Å². The van der Waals surface area contributed by atoms with Crippen molar-refractivity contribution in [2.45, 2.75) is 19.0 Å². The largest absolute Gasteiger partial charge is 0.389 e. The fraction of sp³-hybridized carbons (Fsp3) is 0.250. The molecule has 2 aromatic carbocycles. The van der Waals surface area contributed by atoms with Crippen molar-refractivity contribution in [3.63, 3.8) is 0 Å². The average Bonchev–Trinajstić information content (AvgIpc) is 2.48. The van der Waals surface area contributed by atoms with Crippen molar-refractivity contribution in [2.75, 3.05) is 5.75 Å². The molecule has 0 aliphatic heterocycles. The van der Waals surface area contributed by atoms with Crippen molar-refractivity contribution in [2.24, 2.45) is 0 Å². The highest BCUT2D eigenvalue weighted by Gasteiger charge is 2.27. The summed E-state index contributed by atoms with van der Waals surface area (Å²) in [7, 11) is -4.13. The normalized spacial score (nSPS) is 12.2. The average molecular weight is 413 g/mol. The first-order valence-corrected chi connectivity index (χ1v) is 9.44. The zero-order chi connectivity index (χ0) is 18.7. The van der Waals surface area contributed by atoms with Crippen LogP contribution >= 0.6 is 23.2 Å². The molecule has 136 valence electrons. The van der Waals surface area contributed by atoms with Gasteiger partial charge in [0.2, 0.25) is 0 Å².